The summed E-state index contributed by atoms with van der Waals surface area (Å²) in [5.74, 6) is -1.10. The Kier molecular flexibility index (Phi) is 4.95. The van der Waals surface area contributed by atoms with Crippen molar-refractivity contribution in [2.75, 3.05) is 6.61 Å². The van der Waals surface area contributed by atoms with Crippen LogP contribution in [0.3, 0.4) is 0 Å². The highest BCUT2D eigenvalue weighted by atomic mass is 19.4. The van der Waals surface area contributed by atoms with Gasteiger partial charge in [0, 0.05) is 0 Å². The number of benzene rings is 2. The van der Waals surface area contributed by atoms with E-state index in [0.717, 1.165) is 16.8 Å². The highest BCUT2D eigenvalue weighted by molar-refractivity contribution is 5.94. The first kappa shape index (κ1) is 19.2. The molecule has 10 heteroatoms. The third-order valence-corrected chi connectivity index (χ3v) is 3.75. The number of halogens is 3. The average molecular weight is 394 g/mol. The molecule has 0 atom stereocenters. The second-order valence-electron chi connectivity index (χ2n) is 5.60. The van der Waals surface area contributed by atoms with Gasteiger partial charge in [0.05, 0.1) is 28.6 Å². The van der Waals surface area contributed by atoms with Gasteiger partial charge < -0.3 is 9.47 Å². The SMILES string of the molecule is CCOC(=O)c1ccc2c(=O)n(-c3ccc(OC(F)(F)F)cc3)[nH]c(=O)c2c1. The smallest absolute Gasteiger partial charge is 0.462 e. The maximum Gasteiger partial charge on any atom is 0.573 e. The second-order valence-corrected chi connectivity index (χ2v) is 5.60. The Morgan fingerprint density at radius 3 is 2.36 bits per heavy atom. The van der Waals surface area contributed by atoms with E-state index in [0.29, 0.717) is 0 Å². The lowest BCUT2D eigenvalue weighted by molar-refractivity contribution is -0.274. The fourth-order valence-corrected chi connectivity index (χ4v) is 2.57. The third-order valence-electron chi connectivity index (χ3n) is 3.75. The predicted molar refractivity (Wildman–Crippen MR) is 92.8 cm³/mol. The molecule has 28 heavy (non-hydrogen) atoms. The van der Waals surface area contributed by atoms with Crippen molar-refractivity contribution in [1.82, 2.24) is 9.78 Å². The van der Waals surface area contributed by atoms with Gasteiger partial charge in [-0.05, 0) is 49.4 Å². The third kappa shape index (κ3) is 3.90. The highest BCUT2D eigenvalue weighted by Crippen LogP contribution is 2.23. The first-order chi connectivity index (χ1) is 13.2. The molecule has 0 saturated heterocycles. The van der Waals surface area contributed by atoms with Gasteiger partial charge in [-0.1, -0.05) is 0 Å². The highest BCUT2D eigenvalue weighted by Gasteiger charge is 2.31. The topological polar surface area (TPSA) is 90.4 Å². The van der Waals surface area contributed by atoms with E-state index in [4.69, 9.17) is 4.74 Å². The molecule has 0 unspecified atom stereocenters. The van der Waals surface area contributed by atoms with Gasteiger partial charge in [-0.15, -0.1) is 13.2 Å². The molecule has 0 radical (unpaired) electrons. The van der Waals surface area contributed by atoms with Gasteiger partial charge in [0.15, 0.2) is 0 Å². The monoisotopic (exact) mass is 394 g/mol. The lowest BCUT2D eigenvalue weighted by Gasteiger charge is -2.11. The first-order valence-electron chi connectivity index (χ1n) is 8.02. The molecule has 0 aliphatic heterocycles. The van der Waals surface area contributed by atoms with Gasteiger partial charge in [0.1, 0.15) is 5.75 Å². The Labute approximate surface area is 154 Å². The number of rotatable bonds is 4. The molecule has 0 fully saturated rings. The number of carbonyl (C=O) groups is 1. The summed E-state index contributed by atoms with van der Waals surface area (Å²) < 4.78 is 46.2. The number of ether oxygens (including phenoxy) is 2. The van der Waals surface area contributed by atoms with E-state index in [2.05, 4.69) is 9.84 Å². The van der Waals surface area contributed by atoms with Crippen molar-refractivity contribution in [1.29, 1.82) is 0 Å². The summed E-state index contributed by atoms with van der Waals surface area (Å²) in [6.07, 6.45) is -4.84. The lowest BCUT2D eigenvalue weighted by atomic mass is 10.1. The number of fused-ring (bicyclic) bond motifs is 1. The molecule has 0 aliphatic rings. The number of carbonyl (C=O) groups excluding carboxylic acids is 1. The van der Waals surface area contributed by atoms with E-state index in [9.17, 15) is 27.6 Å². The molecule has 0 spiro atoms. The van der Waals surface area contributed by atoms with E-state index < -0.39 is 29.2 Å². The zero-order valence-corrected chi connectivity index (χ0v) is 14.4. The summed E-state index contributed by atoms with van der Waals surface area (Å²) in [7, 11) is 0. The number of nitrogens with one attached hydrogen (secondary N) is 1. The normalized spacial score (nSPS) is 11.4. The summed E-state index contributed by atoms with van der Waals surface area (Å²) in [5, 5.41) is 2.36. The number of H-pyrrole nitrogens is 1. The van der Waals surface area contributed by atoms with Crippen molar-refractivity contribution in [3.63, 3.8) is 0 Å². The van der Waals surface area contributed by atoms with E-state index in [1.807, 2.05) is 0 Å². The number of aromatic nitrogens is 2. The van der Waals surface area contributed by atoms with Gasteiger partial charge in [-0.2, -0.15) is 0 Å². The van der Waals surface area contributed by atoms with E-state index >= 15 is 0 Å². The van der Waals surface area contributed by atoms with Crippen LogP contribution < -0.4 is 15.9 Å². The maximum absolute atomic E-state index is 12.7. The summed E-state index contributed by atoms with van der Waals surface area (Å²) in [6.45, 7) is 1.79. The van der Waals surface area contributed by atoms with Crippen LogP contribution in [0.4, 0.5) is 13.2 Å². The van der Waals surface area contributed by atoms with Gasteiger partial charge in [-0.25, -0.2) is 9.48 Å². The summed E-state index contributed by atoms with van der Waals surface area (Å²) >= 11 is 0. The average Bonchev–Trinajstić information content (AvgIpc) is 2.64. The Morgan fingerprint density at radius 2 is 1.75 bits per heavy atom. The van der Waals surface area contributed by atoms with Gasteiger partial charge in [-0.3, -0.25) is 14.7 Å². The fraction of sp³-hybridized carbons (Fsp3) is 0.167. The van der Waals surface area contributed by atoms with Crippen molar-refractivity contribution >= 4 is 16.7 Å². The molecule has 0 amide bonds. The van der Waals surface area contributed by atoms with Crippen LogP contribution in [0, 0.1) is 0 Å². The molecule has 7 nitrogen and oxygen atoms in total. The molecular weight excluding hydrogens is 381 g/mol. The van der Waals surface area contributed by atoms with Gasteiger partial charge in [0.25, 0.3) is 11.1 Å². The zero-order chi connectivity index (χ0) is 20.5. The molecule has 0 aliphatic carbocycles. The molecule has 1 heterocycles. The van der Waals surface area contributed by atoms with E-state index in [1.165, 1.54) is 30.3 Å². The van der Waals surface area contributed by atoms with Crippen molar-refractivity contribution in [2.45, 2.75) is 13.3 Å². The van der Waals surface area contributed by atoms with Crippen LogP contribution in [0.25, 0.3) is 16.5 Å². The maximum atomic E-state index is 12.7. The first-order valence-corrected chi connectivity index (χ1v) is 8.02. The predicted octanol–water partition coefficient (Wildman–Crippen LogP) is 2.75. The number of nitrogens with zero attached hydrogens (tertiary/aromatic N) is 1. The molecule has 0 saturated carbocycles. The molecule has 146 valence electrons. The molecule has 0 bridgehead atoms. The van der Waals surface area contributed by atoms with E-state index in [1.54, 1.807) is 6.92 Å². The van der Waals surface area contributed by atoms with Crippen molar-refractivity contribution in [3.8, 4) is 11.4 Å². The number of esters is 1. The fourth-order valence-electron chi connectivity index (χ4n) is 2.57. The number of hydrogen-bond donors (Lipinski definition) is 1. The standard InChI is InChI=1S/C18H13F3N2O5/c1-2-27-17(26)10-3-8-13-14(9-10)15(24)22-23(16(13)25)11-4-6-12(7-5-11)28-18(19,20)21/h3-9H,2H2,1H3,(H,22,24). The molecule has 1 aromatic heterocycles. The molecule has 3 rings (SSSR count). The summed E-state index contributed by atoms with van der Waals surface area (Å²) in [5.41, 5.74) is -1.02. The van der Waals surface area contributed by atoms with Crippen LogP contribution in [0.2, 0.25) is 0 Å². The van der Waals surface area contributed by atoms with Crippen LogP contribution in [0.5, 0.6) is 5.75 Å². The Balaban J connectivity index is 2.05. The molecule has 1 N–H and O–H groups in total. The molecule has 3 aromatic rings. The largest absolute Gasteiger partial charge is 0.573 e. The molecular formula is C18H13F3N2O5. The van der Waals surface area contributed by atoms with Crippen molar-refractivity contribution < 1.29 is 27.4 Å². The Morgan fingerprint density at radius 1 is 1.07 bits per heavy atom. The van der Waals surface area contributed by atoms with Crippen molar-refractivity contribution in [2.24, 2.45) is 0 Å². The second kappa shape index (κ2) is 7.22. The Hall–Kier alpha value is -3.56. The quantitative estimate of drug-likeness (QED) is 0.688. The minimum Gasteiger partial charge on any atom is -0.462 e. The number of aromatic amines is 1. The lowest BCUT2D eigenvalue weighted by Crippen LogP contribution is -2.28. The van der Waals surface area contributed by atoms with Crippen molar-refractivity contribution in [3.05, 3.63) is 68.7 Å². The minimum absolute atomic E-state index is 0.0103. The van der Waals surface area contributed by atoms with Gasteiger partial charge in [0.2, 0.25) is 0 Å². The van der Waals surface area contributed by atoms with Crippen LogP contribution in [0.15, 0.2) is 52.1 Å². The van der Waals surface area contributed by atoms with E-state index in [-0.39, 0.29) is 28.6 Å². The van der Waals surface area contributed by atoms with Crippen LogP contribution in [-0.2, 0) is 4.74 Å². The summed E-state index contributed by atoms with van der Waals surface area (Å²) in [4.78, 5) is 36.8. The number of alkyl halides is 3. The summed E-state index contributed by atoms with van der Waals surface area (Å²) in [6, 6.07) is 8.33. The van der Waals surface area contributed by atoms with Crippen LogP contribution >= 0.6 is 0 Å². The zero-order valence-electron chi connectivity index (χ0n) is 14.4. The molecule has 2 aromatic carbocycles. The van der Waals surface area contributed by atoms with Crippen LogP contribution in [-0.4, -0.2) is 28.7 Å². The van der Waals surface area contributed by atoms with Gasteiger partial charge >= 0.3 is 12.3 Å². The minimum atomic E-state index is -4.84. The number of hydrogen-bond acceptors (Lipinski definition) is 5. The Bertz CT molecular complexity index is 1150. The van der Waals surface area contributed by atoms with Crippen LogP contribution in [0.1, 0.15) is 17.3 Å².